The van der Waals surface area contributed by atoms with Crippen LogP contribution in [0.4, 0.5) is 5.69 Å². The molecular weight excluding hydrogens is 344 g/mol. The van der Waals surface area contributed by atoms with Crippen LogP contribution in [0.15, 0.2) is 35.1 Å². The fourth-order valence-corrected chi connectivity index (χ4v) is 3.71. The maximum absolute atomic E-state index is 12.7. The van der Waals surface area contributed by atoms with Crippen molar-refractivity contribution in [3.8, 4) is 5.69 Å². The predicted octanol–water partition coefficient (Wildman–Crippen LogP) is 0.314. The van der Waals surface area contributed by atoms with Gasteiger partial charge in [-0.25, -0.2) is 17.4 Å². The van der Waals surface area contributed by atoms with Crippen molar-refractivity contribution >= 4 is 21.6 Å². The molecule has 1 aliphatic rings. The Morgan fingerprint density at radius 2 is 1.80 bits per heavy atom. The highest BCUT2D eigenvalue weighted by atomic mass is 32.2. The molecule has 2 aromatic rings. The van der Waals surface area contributed by atoms with Gasteiger partial charge in [0.15, 0.2) is 0 Å². The Hall–Kier alpha value is -2.39. The smallest absolute Gasteiger partial charge is 0.295 e. The topological polar surface area (TPSA) is 93.4 Å². The number of amides is 1. The summed E-state index contributed by atoms with van der Waals surface area (Å²) in [6.45, 7) is 2.03. The van der Waals surface area contributed by atoms with Gasteiger partial charge in [0.05, 0.1) is 23.6 Å². The van der Waals surface area contributed by atoms with E-state index in [-0.39, 0.29) is 30.2 Å². The van der Waals surface area contributed by atoms with Gasteiger partial charge in [-0.3, -0.25) is 14.3 Å². The molecule has 0 atom stereocenters. The molecule has 1 amide bonds. The number of sulfonamides is 1. The molecule has 1 aromatic heterocycles. The molecule has 1 fully saturated rings. The normalized spacial score (nSPS) is 15.8. The molecule has 0 unspecified atom stereocenters. The van der Waals surface area contributed by atoms with Gasteiger partial charge in [0.1, 0.15) is 5.69 Å². The Balaban J connectivity index is 1.83. The molecule has 0 spiro atoms. The molecule has 0 bridgehead atoms. The second kappa shape index (κ2) is 6.16. The summed E-state index contributed by atoms with van der Waals surface area (Å²) in [5, 5.41) is 2.67. The summed E-state index contributed by atoms with van der Waals surface area (Å²) in [4.78, 5) is 25.1. The van der Waals surface area contributed by atoms with Crippen molar-refractivity contribution in [2.75, 3.05) is 24.7 Å². The van der Waals surface area contributed by atoms with Crippen molar-refractivity contribution in [1.82, 2.24) is 13.7 Å². The summed E-state index contributed by atoms with van der Waals surface area (Å²) in [7, 11) is -1.53. The lowest BCUT2D eigenvalue weighted by atomic mass is 10.0. The summed E-state index contributed by atoms with van der Waals surface area (Å²) in [6.07, 6.45) is 1.11. The Kier molecular flexibility index (Phi) is 4.29. The molecule has 0 radical (unpaired) electrons. The fourth-order valence-electron chi connectivity index (χ4n) is 2.81. The number of carbonyl (C=O) groups excluding carboxylic acids is 1. The lowest BCUT2D eigenvalue weighted by molar-refractivity contribution is -0.122. The average Bonchev–Trinajstić information content (AvgIpc) is 2.69. The third-order valence-corrected chi connectivity index (χ3v) is 5.73. The summed E-state index contributed by atoms with van der Waals surface area (Å²) in [6, 6.07) is 9.13. The number of aromatic nitrogens is 2. The number of nitrogens with zero attached hydrogens (tertiary/aromatic N) is 3. The number of nitrogens with one attached hydrogen (secondary N) is 1. The van der Waals surface area contributed by atoms with E-state index in [0.717, 1.165) is 6.26 Å². The second-order valence-electron chi connectivity index (χ2n) is 6.20. The molecule has 0 saturated carbocycles. The number of rotatable bonds is 4. The van der Waals surface area contributed by atoms with Crippen LogP contribution in [-0.4, -0.2) is 47.3 Å². The van der Waals surface area contributed by atoms with Crippen LogP contribution in [0.3, 0.4) is 0 Å². The Bertz CT molecular complexity index is 970. The fraction of sp³-hybridized carbons (Fsp3) is 0.375. The van der Waals surface area contributed by atoms with Gasteiger partial charge < -0.3 is 5.32 Å². The Labute approximate surface area is 145 Å². The monoisotopic (exact) mass is 364 g/mol. The average molecular weight is 364 g/mol. The summed E-state index contributed by atoms with van der Waals surface area (Å²) >= 11 is 0. The van der Waals surface area contributed by atoms with Gasteiger partial charge in [0.25, 0.3) is 5.56 Å². The highest BCUT2D eigenvalue weighted by Gasteiger charge is 2.38. The van der Waals surface area contributed by atoms with Crippen molar-refractivity contribution < 1.29 is 13.2 Å². The molecule has 1 aromatic carbocycles. The molecule has 1 N–H and O–H groups in total. The van der Waals surface area contributed by atoms with Crippen molar-refractivity contribution in [2.45, 2.75) is 6.92 Å². The lowest BCUT2D eigenvalue weighted by Crippen LogP contribution is -2.54. The predicted molar refractivity (Wildman–Crippen MR) is 94.3 cm³/mol. The van der Waals surface area contributed by atoms with Crippen LogP contribution in [0.25, 0.3) is 5.69 Å². The second-order valence-corrected chi connectivity index (χ2v) is 8.19. The van der Waals surface area contributed by atoms with Crippen LogP contribution in [0.2, 0.25) is 0 Å². The molecule has 3 rings (SSSR count). The minimum absolute atomic E-state index is 0.142. The van der Waals surface area contributed by atoms with E-state index in [4.69, 9.17) is 0 Å². The van der Waals surface area contributed by atoms with E-state index in [2.05, 4.69) is 5.32 Å². The highest BCUT2D eigenvalue weighted by molar-refractivity contribution is 7.88. The van der Waals surface area contributed by atoms with Gasteiger partial charge in [0.2, 0.25) is 15.9 Å². The standard InChI is InChI=1S/C16H20N4O4S/c1-11-14(17-15(21)12-9-19(10-12)25(3,23)24)16(22)20(18(11)2)13-7-5-4-6-8-13/h4-8,12H,9-10H2,1-3H3,(H,17,21). The quantitative estimate of drug-likeness (QED) is 0.845. The number of hydrogen-bond donors (Lipinski definition) is 1. The van der Waals surface area contributed by atoms with Gasteiger partial charge in [0, 0.05) is 20.1 Å². The van der Waals surface area contributed by atoms with Gasteiger partial charge in [-0.05, 0) is 19.1 Å². The van der Waals surface area contributed by atoms with E-state index in [1.807, 2.05) is 30.3 Å². The van der Waals surface area contributed by atoms with Gasteiger partial charge in [-0.2, -0.15) is 0 Å². The first-order valence-corrected chi connectivity index (χ1v) is 9.65. The zero-order valence-corrected chi connectivity index (χ0v) is 15.1. The number of anilines is 1. The summed E-state index contributed by atoms with van der Waals surface area (Å²) < 4.78 is 27.2. The zero-order chi connectivity index (χ0) is 18.4. The first kappa shape index (κ1) is 17.4. The summed E-state index contributed by atoms with van der Waals surface area (Å²) in [5.41, 5.74) is 1.22. The van der Waals surface area contributed by atoms with Crippen LogP contribution in [0.5, 0.6) is 0 Å². The van der Waals surface area contributed by atoms with Gasteiger partial charge in [-0.15, -0.1) is 0 Å². The largest absolute Gasteiger partial charge is 0.320 e. The molecular formula is C16H20N4O4S. The minimum atomic E-state index is -3.28. The third-order valence-electron chi connectivity index (χ3n) is 4.49. The highest BCUT2D eigenvalue weighted by Crippen LogP contribution is 2.21. The molecule has 2 heterocycles. The maximum Gasteiger partial charge on any atom is 0.295 e. The van der Waals surface area contributed by atoms with E-state index in [0.29, 0.717) is 11.4 Å². The Morgan fingerprint density at radius 1 is 1.20 bits per heavy atom. The van der Waals surface area contributed by atoms with E-state index in [1.165, 1.54) is 8.99 Å². The molecule has 134 valence electrons. The number of hydrogen-bond acceptors (Lipinski definition) is 4. The van der Waals surface area contributed by atoms with Crippen molar-refractivity contribution in [2.24, 2.45) is 13.0 Å². The van der Waals surface area contributed by atoms with Crippen LogP contribution >= 0.6 is 0 Å². The van der Waals surface area contributed by atoms with E-state index in [9.17, 15) is 18.0 Å². The zero-order valence-electron chi connectivity index (χ0n) is 14.3. The lowest BCUT2D eigenvalue weighted by Gasteiger charge is -2.35. The first-order chi connectivity index (χ1) is 11.7. The first-order valence-electron chi connectivity index (χ1n) is 7.80. The van der Waals surface area contributed by atoms with Crippen molar-refractivity contribution in [1.29, 1.82) is 0 Å². The van der Waals surface area contributed by atoms with Crippen molar-refractivity contribution in [3.05, 3.63) is 46.4 Å². The van der Waals surface area contributed by atoms with Crippen LogP contribution in [0.1, 0.15) is 5.69 Å². The van der Waals surface area contributed by atoms with Gasteiger partial charge in [-0.1, -0.05) is 18.2 Å². The van der Waals surface area contributed by atoms with E-state index in [1.54, 1.807) is 18.7 Å². The molecule has 9 heteroatoms. The molecule has 1 saturated heterocycles. The molecule has 1 aliphatic heterocycles. The Morgan fingerprint density at radius 3 is 2.36 bits per heavy atom. The van der Waals surface area contributed by atoms with Crippen LogP contribution in [-0.2, 0) is 21.9 Å². The minimum Gasteiger partial charge on any atom is -0.320 e. The number of benzene rings is 1. The van der Waals surface area contributed by atoms with Crippen LogP contribution in [0, 0.1) is 12.8 Å². The third kappa shape index (κ3) is 3.12. The van der Waals surface area contributed by atoms with E-state index < -0.39 is 15.9 Å². The number of para-hydroxylation sites is 1. The number of carbonyl (C=O) groups is 1. The van der Waals surface area contributed by atoms with E-state index >= 15 is 0 Å². The summed E-state index contributed by atoms with van der Waals surface area (Å²) in [5.74, 6) is -0.787. The molecule has 0 aliphatic carbocycles. The van der Waals surface area contributed by atoms with Crippen molar-refractivity contribution in [3.63, 3.8) is 0 Å². The van der Waals surface area contributed by atoms with Crippen LogP contribution < -0.4 is 10.9 Å². The molecule has 8 nitrogen and oxygen atoms in total. The van der Waals surface area contributed by atoms with Gasteiger partial charge >= 0.3 is 0 Å². The SMILES string of the molecule is Cc1c(NC(=O)C2CN(S(C)(=O)=O)C2)c(=O)n(-c2ccccc2)n1C. The molecule has 25 heavy (non-hydrogen) atoms. The maximum atomic E-state index is 12.7.